The van der Waals surface area contributed by atoms with E-state index in [-0.39, 0.29) is 17.8 Å². The molecule has 2 spiro atoms. The van der Waals surface area contributed by atoms with Crippen LogP contribution in [0.15, 0.2) is 71.1 Å². The number of hydrogen-bond acceptors (Lipinski definition) is 5. The molecule has 4 bridgehead atoms. The minimum atomic E-state index is -0.532. The SMILES string of the molecule is O=C1N(c2nc(-c3ccccc3)c3cc4oc5ccccc5c4cc3n2)C(=O)C23CC4CC12CC4C3. The second kappa shape index (κ2) is 6.01. The maximum Gasteiger partial charge on any atom is 0.243 e. The van der Waals surface area contributed by atoms with E-state index in [1.54, 1.807) is 0 Å². The van der Waals surface area contributed by atoms with E-state index in [9.17, 15) is 9.59 Å². The van der Waals surface area contributed by atoms with Crippen molar-refractivity contribution in [1.29, 1.82) is 0 Å². The molecule has 5 fully saturated rings. The predicted molar refractivity (Wildman–Crippen MR) is 135 cm³/mol. The third-order valence-electron chi connectivity index (χ3n) is 9.68. The van der Waals surface area contributed by atoms with E-state index in [0.717, 1.165) is 58.6 Å². The Balaban J connectivity index is 1.32. The van der Waals surface area contributed by atoms with E-state index in [2.05, 4.69) is 0 Å². The fourth-order valence-electron chi connectivity index (χ4n) is 8.26. The summed E-state index contributed by atoms with van der Waals surface area (Å²) in [5.74, 6) is 1.10. The lowest BCUT2D eigenvalue weighted by atomic mass is 9.70. The third kappa shape index (κ3) is 2.00. The van der Waals surface area contributed by atoms with Gasteiger partial charge in [-0.1, -0.05) is 48.5 Å². The third-order valence-corrected chi connectivity index (χ3v) is 9.68. The second-order valence-corrected chi connectivity index (χ2v) is 11.1. The summed E-state index contributed by atoms with van der Waals surface area (Å²) in [5.41, 5.74) is 2.80. The van der Waals surface area contributed by atoms with E-state index in [4.69, 9.17) is 14.4 Å². The largest absolute Gasteiger partial charge is 0.456 e. The molecular weight excluding hydrogens is 450 g/mol. The van der Waals surface area contributed by atoms with Crippen molar-refractivity contribution in [3.63, 3.8) is 0 Å². The highest BCUT2D eigenvalue weighted by Crippen LogP contribution is 2.79. The summed E-state index contributed by atoms with van der Waals surface area (Å²) >= 11 is 0. The molecule has 10 rings (SSSR count). The van der Waals surface area contributed by atoms with Crippen LogP contribution in [0.5, 0.6) is 0 Å². The molecule has 2 amide bonds. The highest BCUT2D eigenvalue weighted by atomic mass is 16.3. The molecule has 6 heteroatoms. The molecular formula is C30H21N3O3. The molecule has 5 aliphatic rings. The molecule has 36 heavy (non-hydrogen) atoms. The zero-order chi connectivity index (χ0) is 23.8. The van der Waals surface area contributed by atoms with Crippen LogP contribution in [0.1, 0.15) is 25.7 Å². The van der Waals surface area contributed by atoms with Crippen molar-refractivity contribution in [3.05, 3.63) is 66.7 Å². The van der Waals surface area contributed by atoms with Crippen molar-refractivity contribution in [2.24, 2.45) is 22.7 Å². The highest BCUT2D eigenvalue weighted by molar-refractivity contribution is 6.26. The van der Waals surface area contributed by atoms with Crippen LogP contribution in [0.2, 0.25) is 0 Å². The molecule has 2 aromatic heterocycles. The first kappa shape index (κ1) is 19.2. The Morgan fingerprint density at radius 3 is 2.11 bits per heavy atom. The lowest BCUT2D eigenvalue weighted by molar-refractivity contribution is -0.129. The molecule has 1 saturated heterocycles. The smallest absolute Gasteiger partial charge is 0.243 e. The minimum Gasteiger partial charge on any atom is -0.456 e. The monoisotopic (exact) mass is 471 g/mol. The van der Waals surface area contributed by atoms with Crippen LogP contribution in [0.25, 0.3) is 44.1 Å². The number of nitrogens with zero attached hydrogens (tertiary/aromatic N) is 3. The van der Waals surface area contributed by atoms with E-state index < -0.39 is 10.8 Å². The Kier molecular flexibility index (Phi) is 3.20. The van der Waals surface area contributed by atoms with Gasteiger partial charge in [-0.2, -0.15) is 0 Å². The summed E-state index contributed by atoms with van der Waals surface area (Å²) in [4.78, 5) is 39.0. The fourth-order valence-corrected chi connectivity index (χ4v) is 8.26. The van der Waals surface area contributed by atoms with Gasteiger partial charge in [0, 0.05) is 21.7 Å². The lowest BCUT2D eigenvalue weighted by Crippen LogP contribution is -2.36. The minimum absolute atomic E-state index is 0.0804. The van der Waals surface area contributed by atoms with Crippen LogP contribution in [0, 0.1) is 22.7 Å². The van der Waals surface area contributed by atoms with Crippen molar-refractivity contribution < 1.29 is 14.0 Å². The van der Waals surface area contributed by atoms with Gasteiger partial charge in [-0.25, -0.2) is 14.9 Å². The molecule has 174 valence electrons. The Hall–Kier alpha value is -4.06. The van der Waals surface area contributed by atoms with Crippen LogP contribution < -0.4 is 4.90 Å². The van der Waals surface area contributed by atoms with Gasteiger partial charge in [-0.15, -0.1) is 0 Å². The van der Waals surface area contributed by atoms with Gasteiger partial charge >= 0.3 is 0 Å². The number of para-hydroxylation sites is 1. The molecule has 1 aliphatic heterocycles. The molecule has 6 nitrogen and oxygen atoms in total. The van der Waals surface area contributed by atoms with Crippen LogP contribution in [-0.2, 0) is 9.59 Å². The summed E-state index contributed by atoms with van der Waals surface area (Å²) in [7, 11) is 0. The van der Waals surface area contributed by atoms with Gasteiger partial charge in [-0.3, -0.25) is 9.59 Å². The first-order chi connectivity index (χ1) is 17.6. The van der Waals surface area contributed by atoms with E-state index in [1.165, 1.54) is 4.90 Å². The Morgan fingerprint density at radius 2 is 1.39 bits per heavy atom. The second-order valence-electron chi connectivity index (χ2n) is 11.1. The van der Waals surface area contributed by atoms with E-state index in [0.29, 0.717) is 23.0 Å². The fraction of sp³-hybridized carbons (Fsp3) is 0.267. The van der Waals surface area contributed by atoms with Crippen molar-refractivity contribution in [1.82, 2.24) is 9.97 Å². The number of hydrogen-bond donors (Lipinski definition) is 0. The first-order valence-corrected chi connectivity index (χ1v) is 12.7. The van der Waals surface area contributed by atoms with E-state index >= 15 is 0 Å². The number of benzene rings is 3. The van der Waals surface area contributed by atoms with Crippen LogP contribution in [0.3, 0.4) is 0 Å². The lowest BCUT2D eigenvalue weighted by Gasteiger charge is -2.27. The Morgan fingerprint density at radius 1 is 0.722 bits per heavy atom. The van der Waals surface area contributed by atoms with Crippen molar-refractivity contribution in [2.75, 3.05) is 4.90 Å². The van der Waals surface area contributed by atoms with Gasteiger partial charge in [0.15, 0.2) is 0 Å². The summed E-state index contributed by atoms with van der Waals surface area (Å²) < 4.78 is 6.14. The number of furan rings is 1. The predicted octanol–water partition coefficient (Wildman–Crippen LogP) is 5.88. The molecule has 0 unspecified atom stereocenters. The zero-order valence-corrected chi connectivity index (χ0v) is 19.4. The Labute approximate surface area is 205 Å². The molecule has 5 aromatic rings. The number of anilines is 1. The standard InChI is InChI=1S/C30H21N3O3/c34-26-29-12-17-13-30(29,15-18(17)14-29)27(35)33(26)28-31-22-10-20-19-8-4-5-9-23(19)36-24(20)11-21(22)25(32-28)16-6-2-1-3-7-16/h1-11,17-18H,12-15H2. The van der Waals surface area contributed by atoms with Gasteiger partial charge < -0.3 is 4.42 Å². The van der Waals surface area contributed by atoms with Gasteiger partial charge in [0.1, 0.15) is 11.2 Å². The normalized spacial score (nSPS) is 30.1. The number of amides is 2. The molecule has 0 atom stereocenters. The number of fused-ring (bicyclic) bond motifs is 4. The molecule has 3 heterocycles. The summed E-state index contributed by atoms with van der Waals surface area (Å²) in [6.07, 6.45) is 3.39. The average molecular weight is 472 g/mol. The van der Waals surface area contributed by atoms with Crippen molar-refractivity contribution in [2.45, 2.75) is 25.7 Å². The number of imide groups is 1. The van der Waals surface area contributed by atoms with Crippen molar-refractivity contribution >= 4 is 50.6 Å². The number of carbonyl (C=O) groups is 2. The maximum absolute atomic E-state index is 13.9. The summed E-state index contributed by atoms with van der Waals surface area (Å²) in [6.45, 7) is 0. The first-order valence-electron chi connectivity index (χ1n) is 12.7. The zero-order valence-electron chi connectivity index (χ0n) is 19.4. The number of rotatable bonds is 2. The number of carbonyl (C=O) groups excluding carboxylic acids is 2. The van der Waals surface area contributed by atoms with E-state index in [1.807, 2.05) is 66.7 Å². The molecule has 0 N–H and O–H groups in total. The quantitative estimate of drug-likeness (QED) is 0.301. The van der Waals surface area contributed by atoms with Gasteiger partial charge in [0.25, 0.3) is 0 Å². The van der Waals surface area contributed by atoms with Gasteiger partial charge in [0.05, 0.1) is 22.0 Å². The topological polar surface area (TPSA) is 76.3 Å². The molecule has 4 saturated carbocycles. The van der Waals surface area contributed by atoms with Crippen molar-refractivity contribution in [3.8, 4) is 11.3 Å². The average Bonchev–Trinajstić information content (AvgIpc) is 3.70. The van der Waals surface area contributed by atoms with Gasteiger partial charge in [0.2, 0.25) is 17.8 Å². The number of aromatic nitrogens is 2. The maximum atomic E-state index is 13.9. The van der Waals surface area contributed by atoms with Crippen LogP contribution in [-0.4, -0.2) is 21.8 Å². The van der Waals surface area contributed by atoms with Gasteiger partial charge in [-0.05, 0) is 55.7 Å². The summed E-state index contributed by atoms with van der Waals surface area (Å²) in [5, 5.41) is 2.79. The van der Waals surface area contributed by atoms with Crippen LogP contribution in [0.4, 0.5) is 5.95 Å². The Bertz CT molecular complexity index is 1770. The van der Waals surface area contributed by atoms with Crippen LogP contribution >= 0.6 is 0 Å². The molecule has 0 radical (unpaired) electrons. The molecule has 4 aliphatic carbocycles. The molecule has 3 aromatic carbocycles. The highest BCUT2D eigenvalue weighted by Gasteiger charge is 2.82. The summed E-state index contributed by atoms with van der Waals surface area (Å²) in [6, 6.07) is 21.8.